The minimum absolute atomic E-state index is 0.166. The number of unbranched alkanes of at least 4 members (excludes halogenated alkanes) is 4. The molecule has 4 heteroatoms. The number of hydrogen-bond acceptors (Lipinski definition) is 3. The van der Waals surface area contributed by atoms with Crippen molar-refractivity contribution in [2.24, 2.45) is 5.73 Å². The third kappa shape index (κ3) is 2.99. The van der Waals surface area contributed by atoms with Gasteiger partial charge in [0.05, 0.1) is 0 Å². The second kappa shape index (κ2) is 6.92. The lowest BCUT2D eigenvalue weighted by molar-refractivity contribution is 0.0608. The van der Waals surface area contributed by atoms with Crippen LogP contribution in [0.25, 0.3) is 10.8 Å². The normalized spacial score (nSPS) is 13.9. The molecule has 120 valence electrons. The van der Waals surface area contributed by atoms with Gasteiger partial charge in [-0.2, -0.15) is 0 Å². The van der Waals surface area contributed by atoms with E-state index >= 15 is 0 Å². The molecule has 1 aliphatic rings. The van der Waals surface area contributed by atoms with Crippen molar-refractivity contribution in [2.75, 3.05) is 13.1 Å². The number of carbonyl (C=O) groups is 2. The Morgan fingerprint density at radius 3 is 1.96 bits per heavy atom. The second-order valence-corrected chi connectivity index (χ2v) is 6.03. The van der Waals surface area contributed by atoms with Gasteiger partial charge in [0.15, 0.2) is 0 Å². The molecule has 0 aromatic heterocycles. The van der Waals surface area contributed by atoms with Gasteiger partial charge in [0.1, 0.15) is 0 Å². The SMILES string of the molecule is NCCCCCCCN1C(=O)c2cccc3cccc(c23)C1=O. The van der Waals surface area contributed by atoms with Crippen LogP contribution in [0.15, 0.2) is 36.4 Å². The highest BCUT2D eigenvalue weighted by Crippen LogP contribution is 2.30. The summed E-state index contributed by atoms with van der Waals surface area (Å²) in [6.07, 6.45) is 5.11. The van der Waals surface area contributed by atoms with Crippen LogP contribution < -0.4 is 5.73 Å². The summed E-state index contributed by atoms with van der Waals surface area (Å²) in [4.78, 5) is 26.7. The molecule has 0 radical (unpaired) electrons. The van der Waals surface area contributed by atoms with Gasteiger partial charge in [-0.15, -0.1) is 0 Å². The first-order chi connectivity index (χ1) is 11.2. The fraction of sp³-hybridized carbons (Fsp3) is 0.368. The number of carbonyl (C=O) groups excluding carboxylic acids is 2. The van der Waals surface area contributed by atoms with E-state index in [2.05, 4.69) is 0 Å². The molecule has 2 amide bonds. The lowest BCUT2D eigenvalue weighted by atomic mass is 9.94. The molecule has 1 aliphatic heterocycles. The van der Waals surface area contributed by atoms with Crippen LogP contribution in [-0.4, -0.2) is 29.8 Å². The standard InChI is InChI=1S/C19H22N2O2/c20-12-4-2-1-3-5-13-21-18(22)15-10-6-8-14-9-7-11-16(17(14)15)19(21)23/h6-11H,1-5,12-13,20H2. The van der Waals surface area contributed by atoms with Gasteiger partial charge in [-0.05, 0) is 36.9 Å². The minimum atomic E-state index is -0.166. The van der Waals surface area contributed by atoms with E-state index in [1.807, 2.05) is 36.4 Å². The Hall–Kier alpha value is -2.20. The summed E-state index contributed by atoms with van der Waals surface area (Å²) < 4.78 is 0. The average molecular weight is 310 g/mol. The zero-order valence-electron chi connectivity index (χ0n) is 13.3. The molecular formula is C19H22N2O2. The van der Waals surface area contributed by atoms with E-state index in [1.54, 1.807) is 0 Å². The molecule has 0 saturated heterocycles. The molecule has 3 rings (SSSR count). The summed E-state index contributed by atoms with van der Waals surface area (Å²) in [6, 6.07) is 11.3. The Bertz CT molecular complexity index is 688. The predicted octanol–water partition coefficient (Wildman–Crippen LogP) is 3.35. The van der Waals surface area contributed by atoms with Gasteiger partial charge < -0.3 is 5.73 Å². The third-order valence-corrected chi connectivity index (χ3v) is 4.44. The third-order valence-electron chi connectivity index (χ3n) is 4.44. The van der Waals surface area contributed by atoms with Crippen molar-refractivity contribution in [3.05, 3.63) is 47.5 Å². The first kappa shape index (κ1) is 15.7. The summed E-state index contributed by atoms with van der Waals surface area (Å²) in [5.41, 5.74) is 6.76. The number of benzene rings is 2. The zero-order valence-corrected chi connectivity index (χ0v) is 13.3. The molecule has 0 unspecified atom stereocenters. The van der Waals surface area contributed by atoms with Gasteiger partial charge in [0.25, 0.3) is 11.8 Å². The van der Waals surface area contributed by atoms with Crippen molar-refractivity contribution < 1.29 is 9.59 Å². The fourth-order valence-electron chi connectivity index (χ4n) is 3.23. The van der Waals surface area contributed by atoms with Crippen LogP contribution in [0, 0.1) is 0 Å². The summed E-state index contributed by atoms with van der Waals surface area (Å²) >= 11 is 0. The van der Waals surface area contributed by atoms with Crippen LogP contribution >= 0.6 is 0 Å². The quantitative estimate of drug-likeness (QED) is 0.630. The number of imide groups is 1. The van der Waals surface area contributed by atoms with Crippen LogP contribution in [0.1, 0.15) is 52.8 Å². The number of rotatable bonds is 7. The van der Waals surface area contributed by atoms with Crippen molar-refractivity contribution in [1.82, 2.24) is 4.90 Å². The number of hydrogen-bond donors (Lipinski definition) is 1. The van der Waals surface area contributed by atoms with Gasteiger partial charge in [0, 0.05) is 23.1 Å². The molecule has 0 spiro atoms. The van der Waals surface area contributed by atoms with Crippen LogP contribution in [-0.2, 0) is 0 Å². The number of amides is 2. The number of nitrogens with zero attached hydrogens (tertiary/aromatic N) is 1. The molecule has 4 nitrogen and oxygen atoms in total. The maximum atomic E-state index is 12.7. The van der Waals surface area contributed by atoms with Crippen molar-refractivity contribution in [2.45, 2.75) is 32.1 Å². The molecule has 0 saturated carbocycles. The lowest BCUT2D eigenvalue weighted by Gasteiger charge is -2.27. The van der Waals surface area contributed by atoms with Gasteiger partial charge >= 0.3 is 0 Å². The van der Waals surface area contributed by atoms with Crippen molar-refractivity contribution in [1.29, 1.82) is 0 Å². The molecule has 2 aromatic rings. The summed E-state index contributed by atoms with van der Waals surface area (Å²) in [6.45, 7) is 1.22. The minimum Gasteiger partial charge on any atom is -0.330 e. The van der Waals surface area contributed by atoms with Gasteiger partial charge in [0.2, 0.25) is 0 Å². The van der Waals surface area contributed by atoms with Crippen molar-refractivity contribution in [3.8, 4) is 0 Å². The van der Waals surface area contributed by atoms with Crippen molar-refractivity contribution in [3.63, 3.8) is 0 Å². The Kier molecular flexibility index (Phi) is 4.72. The Balaban J connectivity index is 1.75. The molecule has 0 aliphatic carbocycles. The van der Waals surface area contributed by atoms with Gasteiger partial charge in [-0.1, -0.05) is 43.5 Å². The molecule has 23 heavy (non-hydrogen) atoms. The maximum Gasteiger partial charge on any atom is 0.261 e. The van der Waals surface area contributed by atoms with Crippen LogP contribution in [0.4, 0.5) is 0 Å². The molecule has 2 N–H and O–H groups in total. The summed E-state index contributed by atoms with van der Waals surface area (Å²) in [5, 5.41) is 1.74. The highest BCUT2D eigenvalue weighted by atomic mass is 16.2. The monoisotopic (exact) mass is 310 g/mol. The number of nitrogens with two attached hydrogens (primary N) is 1. The molecule has 0 atom stereocenters. The van der Waals surface area contributed by atoms with E-state index in [1.165, 1.54) is 4.90 Å². The van der Waals surface area contributed by atoms with Gasteiger partial charge in [-0.25, -0.2) is 0 Å². The Labute approximate surface area is 136 Å². The van der Waals surface area contributed by atoms with E-state index in [0.717, 1.165) is 49.4 Å². The molecule has 2 aromatic carbocycles. The highest BCUT2D eigenvalue weighted by molar-refractivity contribution is 6.25. The van der Waals surface area contributed by atoms with Crippen LogP contribution in [0.3, 0.4) is 0 Å². The first-order valence-electron chi connectivity index (χ1n) is 8.32. The fourth-order valence-corrected chi connectivity index (χ4v) is 3.23. The Morgan fingerprint density at radius 2 is 1.35 bits per heavy atom. The zero-order chi connectivity index (χ0) is 16.2. The Morgan fingerprint density at radius 1 is 0.783 bits per heavy atom. The average Bonchev–Trinajstić information content (AvgIpc) is 2.58. The predicted molar refractivity (Wildman–Crippen MR) is 91.5 cm³/mol. The van der Waals surface area contributed by atoms with Crippen molar-refractivity contribution >= 4 is 22.6 Å². The maximum absolute atomic E-state index is 12.7. The molecule has 0 bridgehead atoms. The van der Waals surface area contributed by atoms with E-state index in [4.69, 9.17) is 5.73 Å². The van der Waals surface area contributed by atoms with E-state index in [-0.39, 0.29) is 11.8 Å². The summed E-state index contributed by atoms with van der Waals surface area (Å²) in [5.74, 6) is -0.331. The van der Waals surface area contributed by atoms with Gasteiger partial charge in [-0.3, -0.25) is 14.5 Å². The van der Waals surface area contributed by atoms with Crippen LogP contribution in [0.2, 0.25) is 0 Å². The van der Waals surface area contributed by atoms with E-state index in [0.29, 0.717) is 17.7 Å². The highest BCUT2D eigenvalue weighted by Gasteiger charge is 2.31. The lowest BCUT2D eigenvalue weighted by Crippen LogP contribution is -2.40. The smallest absolute Gasteiger partial charge is 0.261 e. The van der Waals surface area contributed by atoms with Crippen LogP contribution in [0.5, 0.6) is 0 Å². The molecule has 0 fully saturated rings. The molecule has 1 heterocycles. The largest absolute Gasteiger partial charge is 0.330 e. The van der Waals surface area contributed by atoms with E-state index in [9.17, 15) is 9.59 Å². The molecular weight excluding hydrogens is 288 g/mol. The summed E-state index contributed by atoms with van der Waals surface area (Å²) in [7, 11) is 0. The second-order valence-electron chi connectivity index (χ2n) is 6.03. The first-order valence-corrected chi connectivity index (χ1v) is 8.32. The topological polar surface area (TPSA) is 63.4 Å². The van der Waals surface area contributed by atoms with E-state index < -0.39 is 0 Å².